The van der Waals surface area contributed by atoms with Crippen molar-refractivity contribution in [3.63, 3.8) is 0 Å². The van der Waals surface area contributed by atoms with E-state index in [9.17, 15) is 9.59 Å². The number of rotatable bonds is 6. The SMILES string of the molecule is CCOC(=O)Nc1cn(CC(=O)NCc2c(C)ncnc2C)nn1. The molecular formula is C14H19N7O3. The summed E-state index contributed by atoms with van der Waals surface area (Å²) in [6, 6.07) is 0. The number of nitrogens with one attached hydrogen (secondary N) is 2. The topological polar surface area (TPSA) is 124 Å². The van der Waals surface area contributed by atoms with Crippen molar-refractivity contribution in [1.29, 1.82) is 0 Å². The molecule has 10 nitrogen and oxygen atoms in total. The van der Waals surface area contributed by atoms with Gasteiger partial charge >= 0.3 is 6.09 Å². The predicted octanol–water partition coefficient (Wildman–Crippen LogP) is 0.570. The van der Waals surface area contributed by atoms with Gasteiger partial charge in [0.1, 0.15) is 12.9 Å². The highest BCUT2D eigenvalue weighted by molar-refractivity contribution is 5.83. The maximum Gasteiger partial charge on any atom is 0.412 e. The van der Waals surface area contributed by atoms with E-state index >= 15 is 0 Å². The molecule has 0 atom stereocenters. The maximum atomic E-state index is 12.0. The quantitative estimate of drug-likeness (QED) is 0.792. The number of nitrogens with zero attached hydrogens (tertiary/aromatic N) is 5. The molecule has 0 saturated heterocycles. The average Bonchev–Trinajstić information content (AvgIpc) is 2.93. The summed E-state index contributed by atoms with van der Waals surface area (Å²) in [5.41, 5.74) is 2.53. The molecule has 128 valence electrons. The highest BCUT2D eigenvalue weighted by atomic mass is 16.5. The van der Waals surface area contributed by atoms with Crippen molar-refractivity contribution in [2.75, 3.05) is 11.9 Å². The minimum atomic E-state index is -0.621. The maximum absolute atomic E-state index is 12.0. The first kappa shape index (κ1) is 17.3. The van der Waals surface area contributed by atoms with Gasteiger partial charge in [-0.1, -0.05) is 5.21 Å². The van der Waals surface area contributed by atoms with Crippen molar-refractivity contribution in [2.45, 2.75) is 33.9 Å². The summed E-state index contributed by atoms with van der Waals surface area (Å²) in [4.78, 5) is 31.5. The number of hydrogen-bond acceptors (Lipinski definition) is 7. The number of ether oxygens (including phenoxy) is 1. The van der Waals surface area contributed by atoms with Gasteiger partial charge < -0.3 is 10.1 Å². The minimum absolute atomic E-state index is 0.0245. The molecule has 2 rings (SSSR count). The molecule has 2 N–H and O–H groups in total. The molecule has 2 amide bonds. The standard InChI is InChI=1S/C14H19N7O3/c1-4-24-14(23)18-12-6-21(20-19-12)7-13(22)15-5-11-9(2)16-8-17-10(11)3/h6,8H,4-5,7H2,1-3H3,(H,15,22)(H,18,23). The van der Waals surface area contributed by atoms with E-state index in [1.807, 2.05) is 13.8 Å². The zero-order valence-corrected chi connectivity index (χ0v) is 13.7. The van der Waals surface area contributed by atoms with E-state index in [4.69, 9.17) is 4.74 Å². The highest BCUT2D eigenvalue weighted by Gasteiger charge is 2.10. The molecule has 0 unspecified atom stereocenters. The summed E-state index contributed by atoms with van der Waals surface area (Å²) >= 11 is 0. The zero-order valence-electron chi connectivity index (χ0n) is 13.7. The second-order valence-corrected chi connectivity index (χ2v) is 4.95. The summed E-state index contributed by atoms with van der Waals surface area (Å²) in [7, 11) is 0. The van der Waals surface area contributed by atoms with Gasteiger partial charge in [0.05, 0.1) is 12.8 Å². The van der Waals surface area contributed by atoms with Crippen LogP contribution in [0.15, 0.2) is 12.5 Å². The van der Waals surface area contributed by atoms with Crippen molar-refractivity contribution in [3.05, 3.63) is 29.5 Å². The average molecular weight is 333 g/mol. The molecule has 10 heteroatoms. The second kappa shape index (κ2) is 7.99. The van der Waals surface area contributed by atoms with Crippen molar-refractivity contribution in [2.24, 2.45) is 0 Å². The Bertz CT molecular complexity index is 709. The Morgan fingerprint density at radius 3 is 2.62 bits per heavy atom. The molecule has 0 radical (unpaired) electrons. The first-order chi connectivity index (χ1) is 11.5. The zero-order chi connectivity index (χ0) is 17.5. The van der Waals surface area contributed by atoms with Crippen LogP contribution >= 0.6 is 0 Å². The Balaban J connectivity index is 1.87. The van der Waals surface area contributed by atoms with Crippen LogP contribution < -0.4 is 10.6 Å². The number of carbonyl (C=O) groups excluding carboxylic acids is 2. The van der Waals surface area contributed by atoms with E-state index < -0.39 is 6.09 Å². The van der Waals surface area contributed by atoms with Crippen molar-refractivity contribution < 1.29 is 14.3 Å². The summed E-state index contributed by atoms with van der Waals surface area (Å²) in [6.07, 6.45) is 2.31. The third-order valence-corrected chi connectivity index (χ3v) is 3.19. The number of carbonyl (C=O) groups is 2. The number of amides is 2. The van der Waals surface area contributed by atoms with E-state index in [-0.39, 0.29) is 24.9 Å². The molecule has 0 bridgehead atoms. The van der Waals surface area contributed by atoms with E-state index in [1.54, 1.807) is 6.92 Å². The lowest BCUT2D eigenvalue weighted by molar-refractivity contribution is -0.122. The summed E-state index contributed by atoms with van der Waals surface area (Å²) in [5.74, 6) is -0.0327. The Hall–Kier alpha value is -3.04. The fourth-order valence-corrected chi connectivity index (χ4v) is 1.97. The number of aryl methyl sites for hydroxylation is 2. The van der Waals surface area contributed by atoms with E-state index in [1.165, 1.54) is 17.2 Å². The number of aromatic nitrogens is 5. The van der Waals surface area contributed by atoms with Gasteiger partial charge in [-0.3, -0.25) is 10.1 Å². The third kappa shape index (κ3) is 4.73. The lowest BCUT2D eigenvalue weighted by Crippen LogP contribution is -2.28. The van der Waals surface area contributed by atoms with Gasteiger partial charge in [0.15, 0.2) is 5.82 Å². The van der Waals surface area contributed by atoms with Crippen molar-refractivity contribution in [3.8, 4) is 0 Å². The van der Waals surface area contributed by atoms with Crippen LogP contribution in [-0.2, 0) is 22.6 Å². The summed E-state index contributed by atoms with van der Waals surface area (Å²) < 4.78 is 6.05. The van der Waals surface area contributed by atoms with Gasteiger partial charge in [0.25, 0.3) is 0 Å². The third-order valence-electron chi connectivity index (χ3n) is 3.19. The molecule has 2 aromatic heterocycles. The Labute approximate surface area is 138 Å². The molecule has 0 aliphatic rings. The van der Waals surface area contributed by atoms with Crippen LogP contribution in [0.3, 0.4) is 0 Å². The van der Waals surface area contributed by atoms with Crippen LogP contribution in [0.5, 0.6) is 0 Å². The lowest BCUT2D eigenvalue weighted by atomic mass is 10.2. The van der Waals surface area contributed by atoms with Gasteiger partial charge in [-0.2, -0.15) is 0 Å². The van der Waals surface area contributed by atoms with E-state index in [0.29, 0.717) is 6.54 Å². The van der Waals surface area contributed by atoms with Crippen molar-refractivity contribution >= 4 is 17.8 Å². The van der Waals surface area contributed by atoms with E-state index in [0.717, 1.165) is 17.0 Å². The van der Waals surface area contributed by atoms with Crippen LogP contribution in [0, 0.1) is 13.8 Å². The summed E-state index contributed by atoms with van der Waals surface area (Å²) in [5, 5.41) is 12.7. The molecule has 0 fully saturated rings. The molecule has 24 heavy (non-hydrogen) atoms. The second-order valence-electron chi connectivity index (χ2n) is 4.95. The van der Waals surface area contributed by atoms with Crippen LogP contribution in [-0.4, -0.2) is 43.6 Å². The molecule has 2 heterocycles. The lowest BCUT2D eigenvalue weighted by Gasteiger charge is -2.09. The van der Waals surface area contributed by atoms with Crippen LogP contribution in [0.25, 0.3) is 0 Å². The smallest absolute Gasteiger partial charge is 0.412 e. The van der Waals surface area contributed by atoms with Crippen LogP contribution in [0.4, 0.5) is 10.6 Å². The molecular weight excluding hydrogens is 314 g/mol. The largest absolute Gasteiger partial charge is 0.450 e. The van der Waals surface area contributed by atoms with Gasteiger partial charge in [-0.05, 0) is 20.8 Å². The van der Waals surface area contributed by atoms with Crippen LogP contribution in [0.2, 0.25) is 0 Å². The molecule has 0 aromatic carbocycles. The minimum Gasteiger partial charge on any atom is -0.450 e. The molecule has 0 aliphatic heterocycles. The molecule has 0 aliphatic carbocycles. The molecule has 0 saturated carbocycles. The fraction of sp³-hybridized carbons (Fsp3) is 0.429. The molecule has 2 aromatic rings. The Morgan fingerprint density at radius 1 is 1.25 bits per heavy atom. The van der Waals surface area contributed by atoms with Gasteiger partial charge in [-0.15, -0.1) is 5.10 Å². The number of anilines is 1. The normalized spacial score (nSPS) is 10.3. The Morgan fingerprint density at radius 2 is 1.96 bits per heavy atom. The fourth-order valence-electron chi connectivity index (χ4n) is 1.97. The van der Waals surface area contributed by atoms with Gasteiger partial charge in [0.2, 0.25) is 5.91 Å². The first-order valence-electron chi connectivity index (χ1n) is 7.37. The highest BCUT2D eigenvalue weighted by Crippen LogP contribution is 2.07. The molecule has 0 spiro atoms. The Kier molecular flexibility index (Phi) is 5.77. The first-order valence-corrected chi connectivity index (χ1v) is 7.37. The van der Waals surface area contributed by atoms with Crippen molar-refractivity contribution in [1.82, 2.24) is 30.3 Å². The van der Waals surface area contributed by atoms with E-state index in [2.05, 4.69) is 30.9 Å². The van der Waals surface area contributed by atoms with Gasteiger partial charge in [-0.25, -0.2) is 19.4 Å². The monoisotopic (exact) mass is 333 g/mol. The predicted molar refractivity (Wildman–Crippen MR) is 84.0 cm³/mol. The van der Waals surface area contributed by atoms with Gasteiger partial charge in [0, 0.05) is 23.5 Å². The summed E-state index contributed by atoms with van der Waals surface area (Å²) in [6.45, 7) is 5.98. The number of hydrogen-bond donors (Lipinski definition) is 2. The van der Waals surface area contributed by atoms with Crippen LogP contribution in [0.1, 0.15) is 23.9 Å².